The van der Waals surface area contributed by atoms with Crippen LogP contribution in [0.1, 0.15) is 27.3 Å². The molecule has 0 spiro atoms. The van der Waals surface area contributed by atoms with Crippen molar-refractivity contribution in [1.29, 1.82) is 0 Å². The van der Waals surface area contributed by atoms with Gasteiger partial charge in [-0.1, -0.05) is 11.6 Å². The molecule has 4 rings (SSSR count). The number of aryl methyl sites for hydroxylation is 2. The third kappa shape index (κ3) is 5.18. The molecule has 3 heterocycles. The van der Waals surface area contributed by atoms with Crippen LogP contribution in [0.4, 0.5) is 30.5 Å². The summed E-state index contributed by atoms with van der Waals surface area (Å²) in [6.07, 6.45) is -2.08. The summed E-state index contributed by atoms with van der Waals surface area (Å²) in [4.78, 5) is 27.8. The minimum atomic E-state index is -4.69. The third-order valence-electron chi connectivity index (χ3n) is 5.18. The predicted molar refractivity (Wildman–Crippen MR) is 126 cm³/mol. The van der Waals surface area contributed by atoms with E-state index in [4.69, 9.17) is 11.3 Å². The zero-order valence-corrected chi connectivity index (χ0v) is 19.6. The number of methoxy groups -OCH3 is 1. The van der Waals surface area contributed by atoms with Gasteiger partial charge in [0.25, 0.3) is 0 Å². The molecule has 1 aromatic carbocycles. The fourth-order valence-corrected chi connectivity index (χ4v) is 3.57. The molecular formula is C24H18F3N7O3. The van der Waals surface area contributed by atoms with Gasteiger partial charge in [0.05, 0.1) is 13.7 Å². The van der Waals surface area contributed by atoms with Crippen molar-refractivity contribution in [2.24, 2.45) is 0 Å². The van der Waals surface area contributed by atoms with E-state index < -0.39 is 17.8 Å². The second-order valence-electron chi connectivity index (χ2n) is 7.89. The first kappa shape index (κ1) is 25.1. The maximum atomic E-state index is 13.4. The molecular weight excluding hydrogens is 491 g/mol. The van der Waals surface area contributed by atoms with Gasteiger partial charge in [0.1, 0.15) is 5.56 Å². The minimum Gasteiger partial charge on any atom is -0.480 e. The fraction of sp³-hybridized carbons (Fsp3) is 0.167. The van der Waals surface area contributed by atoms with Crippen molar-refractivity contribution >= 4 is 23.3 Å². The van der Waals surface area contributed by atoms with Gasteiger partial charge >= 0.3 is 12.1 Å². The summed E-state index contributed by atoms with van der Waals surface area (Å²) in [5.74, 6) is -1.48. The number of pyridine rings is 1. The van der Waals surface area contributed by atoms with Crippen molar-refractivity contribution in [2.45, 2.75) is 20.0 Å². The van der Waals surface area contributed by atoms with Crippen molar-refractivity contribution in [2.75, 3.05) is 12.4 Å². The molecule has 0 aliphatic heterocycles. The quantitative estimate of drug-likeness (QED) is 0.334. The number of carbonyl (C=O) groups is 1. The molecule has 0 aliphatic carbocycles. The highest BCUT2D eigenvalue weighted by Gasteiger charge is 2.35. The van der Waals surface area contributed by atoms with Gasteiger partial charge < -0.3 is 15.2 Å². The highest BCUT2D eigenvalue weighted by atomic mass is 19.4. The maximum absolute atomic E-state index is 13.4. The Morgan fingerprint density at radius 2 is 1.89 bits per heavy atom. The maximum Gasteiger partial charge on any atom is 0.435 e. The first-order valence-electron chi connectivity index (χ1n) is 10.6. The molecule has 37 heavy (non-hydrogen) atoms. The lowest BCUT2D eigenvalue weighted by molar-refractivity contribution is -0.141. The summed E-state index contributed by atoms with van der Waals surface area (Å²) in [7, 11) is 1.26. The number of aromatic nitrogens is 5. The number of nitrogens with one attached hydrogen (secondary N) is 1. The van der Waals surface area contributed by atoms with Crippen LogP contribution >= 0.6 is 0 Å². The number of halogens is 3. The van der Waals surface area contributed by atoms with Gasteiger partial charge in [0.15, 0.2) is 17.2 Å². The number of aromatic carboxylic acids is 1. The van der Waals surface area contributed by atoms with Crippen molar-refractivity contribution in [3.05, 3.63) is 76.7 Å². The van der Waals surface area contributed by atoms with Crippen LogP contribution in [0.15, 0.2) is 42.7 Å². The molecule has 3 aromatic heterocycles. The normalized spacial score (nSPS) is 11.2. The molecule has 0 saturated heterocycles. The van der Waals surface area contributed by atoms with Gasteiger partial charge in [-0.05, 0) is 38.1 Å². The van der Waals surface area contributed by atoms with Crippen LogP contribution < -0.4 is 10.1 Å². The number of anilines is 2. The highest BCUT2D eigenvalue weighted by Crippen LogP contribution is 2.33. The Balaban J connectivity index is 1.90. The van der Waals surface area contributed by atoms with Crippen LogP contribution in [-0.2, 0) is 6.18 Å². The SMILES string of the molecule is [C-]#[N+]c1cc(C)cc(Nc2ncc(-c3cnc(OC)c(C(=O)O)c3)c(-n3nc(C(F)(F)F)cc3C)n2)c1. The van der Waals surface area contributed by atoms with Crippen molar-refractivity contribution < 1.29 is 27.8 Å². The van der Waals surface area contributed by atoms with E-state index >= 15 is 0 Å². The van der Waals surface area contributed by atoms with E-state index in [2.05, 4.69) is 30.2 Å². The first-order valence-corrected chi connectivity index (χ1v) is 10.6. The second-order valence-corrected chi connectivity index (χ2v) is 7.89. The fourth-order valence-electron chi connectivity index (χ4n) is 3.57. The topological polar surface area (TPSA) is 119 Å². The molecule has 0 amide bonds. The van der Waals surface area contributed by atoms with Crippen LogP contribution in [0.3, 0.4) is 0 Å². The molecule has 0 atom stereocenters. The lowest BCUT2D eigenvalue weighted by Gasteiger charge is -2.14. The molecule has 2 N–H and O–H groups in total. The number of alkyl halides is 3. The monoisotopic (exact) mass is 509 g/mol. The Morgan fingerprint density at radius 1 is 1.14 bits per heavy atom. The number of nitrogens with zero attached hydrogens (tertiary/aromatic N) is 6. The molecule has 4 aromatic rings. The largest absolute Gasteiger partial charge is 0.480 e. The Hall–Kier alpha value is -4.99. The second kappa shape index (κ2) is 9.57. The number of carboxylic acids is 1. The van der Waals surface area contributed by atoms with E-state index in [-0.39, 0.29) is 40.0 Å². The van der Waals surface area contributed by atoms with Crippen molar-refractivity contribution in [3.8, 4) is 22.8 Å². The van der Waals surface area contributed by atoms with Crippen LogP contribution in [-0.4, -0.2) is 42.9 Å². The zero-order valence-electron chi connectivity index (χ0n) is 19.6. The number of hydrogen-bond donors (Lipinski definition) is 2. The number of ether oxygens (including phenoxy) is 1. The molecule has 0 unspecified atom stereocenters. The van der Waals surface area contributed by atoms with Crippen LogP contribution in [0, 0.1) is 20.4 Å². The molecule has 0 radical (unpaired) electrons. The Kier molecular flexibility index (Phi) is 6.50. The van der Waals surface area contributed by atoms with Gasteiger partial charge in [-0.25, -0.2) is 24.3 Å². The summed E-state index contributed by atoms with van der Waals surface area (Å²) >= 11 is 0. The summed E-state index contributed by atoms with van der Waals surface area (Å²) in [6, 6.07) is 7.14. The summed E-state index contributed by atoms with van der Waals surface area (Å²) in [6.45, 7) is 10.5. The van der Waals surface area contributed by atoms with Gasteiger partial charge in [0, 0.05) is 34.9 Å². The van der Waals surface area contributed by atoms with Gasteiger partial charge in [-0.3, -0.25) is 0 Å². The van der Waals surface area contributed by atoms with E-state index in [1.54, 1.807) is 25.1 Å². The summed E-state index contributed by atoms with van der Waals surface area (Å²) in [5.41, 5.74) is 0.819. The average molecular weight is 509 g/mol. The molecule has 0 bridgehead atoms. The lowest BCUT2D eigenvalue weighted by Crippen LogP contribution is -2.11. The predicted octanol–water partition coefficient (Wildman–Crippen LogP) is 5.36. The molecule has 13 heteroatoms. The number of hydrogen-bond acceptors (Lipinski definition) is 7. The van der Waals surface area contributed by atoms with Gasteiger partial charge in [0.2, 0.25) is 11.8 Å². The van der Waals surface area contributed by atoms with Crippen LogP contribution in [0.25, 0.3) is 21.8 Å². The molecule has 0 fully saturated rings. The summed E-state index contributed by atoms with van der Waals surface area (Å²) < 4.78 is 46.1. The first-order chi connectivity index (χ1) is 17.5. The molecule has 10 nitrogen and oxygen atoms in total. The molecule has 0 saturated carbocycles. The zero-order chi connectivity index (χ0) is 26.9. The van der Waals surface area contributed by atoms with Crippen LogP contribution in [0.5, 0.6) is 5.88 Å². The highest BCUT2D eigenvalue weighted by molar-refractivity contribution is 5.92. The van der Waals surface area contributed by atoms with Gasteiger partial charge in [-0.15, -0.1) is 0 Å². The standard InChI is InChI=1S/C24H18F3N7O3/c1-12-5-15(28-3)9-16(6-12)31-23-30-11-18(14-8-17(22(35)36)21(37-4)29-10-14)20(32-23)34-13(2)7-19(33-34)24(25,26)27/h5-11H,1-2,4H3,(H,35,36)(H,30,31,32). The van der Waals surface area contributed by atoms with E-state index in [1.807, 2.05) is 0 Å². The van der Waals surface area contributed by atoms with Gasteiger partial charge in [-0.2, -0.15) is 23.3 Å². The number of rotatable bonds is 6. The van der Waals surface area contributed by atoms with E-state index in [0.29, 0.717) is 11.4 Å². The smallest absolute Gasteiger partial charge is 0.435 e. The van der Waals surface area contributed by atoms with E-state index in [9.17, 15) is 23.1 Å². The Morgan fingerprint density at radius 3 is 2.51 bits per heavy atom. The van der Waals surface area contributed by atoms with Crippen molar-refractivity contribution in [1.82, 2.24) is 24.7 Å². The average Bonchev–Trinajstić information content (AvgIpc) is 3.25. The summed E-state index contributed by atoms with van der Waals surface area (Å²) in [5, 5.41) is 16.2. The lowest BCUT2D eigenvalue weighted by atomic mass is 10.1. The Bertz CT molecular complexity index is 1560. The third-order valence-corrected chi connectivity index (χ3v) is 5.18. The Labute approximate surface area is 208 Å². The minimum absolute atomic E-state index is 0.0173. The number of benzene rings is 1. The van der Waals surface area contributed by atoms with Crippen LogP contribution in [0.2, 0.25) is 0 Å². The van der Waals surface area contributed by atoms with E-state index in [1.165, 1.54) is 32.5 Å². The molecule has 188 valence electrons. The number of carboxylic acid groups (broad SMARTS) is 1. The molecule has 0 aliphatic rings. The van der Waals surface area contributed by atoms with Crippen molar-refractivity contribution in [3.63, 3.8) is 0 Å². The van der Waals surface area contributed by atoms with E-state index in [0.717, 1.165) is 16.3 Å².